The van der Waals surface area contributed by atoms with Gasteiger partial charge in [-0.05, 0) is 43.2 Å². The summed E-state index contributed by atoms with van der Waals surface area (Å²) in [6, 6.07) is 5.54. The van der Waals surface area contributed by atoms with Gasteiger partial charge in [0.1, 0.15) is 12.6 Å². The molecule has 0 aromatic carbocycles. The zero-order valence-electron chi connectivity index (χ0n) is 18.5. The van der Waals surface area contributed by atoms with Crippen LogP contribution in [0, 0.1) is 23.2 Å². The summed E-state index contributed by atoms with van der Waals surface area (Å²) in [7, 11) is -1.09. The fraction of sp³-hybridized carbons (Fsp3) is 0.636. The number of ether oxygens (including phenoxy) is 1. The van der Waals surface area contributed by atoms with Crippen LogP contribution in [0.2, 0.25) is 25.7 Å². The molecule has 160 valence electrons. The third-order valence-corrected chi connectivity index (χ3v) is 8.08. The molecule has 4 rings (SSSR count). The van der Waals surface area contributed by atoms with Crippen LogP contribution in [-0.4, -0.2) is 38.8 Å². The Balaban J connectivity index is 1.58. The van der Waals surface area contributed by atoms with Crippen LogP contribution in [0.15, 0.2) is 18.5 Å². The molecule has 0 radical (unpaired) electrons. The molecule has 0 unspecified atom stereocenters. The molecule has 0 aliphatic heterocycles. The molecule has 1 aliphatic rings. The predicted molar refractivity (Wildman–Crippen MR) is 120 cm³/mol. The van der Waals surface area contributed by atoms with Gasteiger partial charge in [-0.1, -0.05) is 26.6 Å². The van der Waals surface area contributed by atoms with Crippen LogP contribution in [0.25, 0.3) is 16.8 Å². The van der Waals surface area contributed by atoms with Gasteiger partial charge in [-0.25, -0.2) is 4.98 Å². The Kier molecular flexibility index (Phi) is 5.94. The number of rotatable bonds is 8. The van der Waals surface area contributed by atoms with Crippen molar-refractivity contribution in [2.24, 2.45) is 11.8 Å². The first-order chi connectivity index (χ1) is 14.4. The highest BCUT2D eigenvalue weighted by atomic mass is 28.3. The predicted octanol–water partition coefficient (Wildman–Crippen LogP) is 4.82. The van der Waals surface area contributed by atoms with Crippen LogP contribution < -0.4 is 0 Å². The molecular formula is C22H32N6OSi. The SMILES string of the molecule is C[C@@H]1C[C@H](CCC#N)C[C@@H]1c1nnc2cnc3c(ccn3COCC[Si](C)(C)C)n12. The Bertz CT molecular complexity index is 1060. The molecule has 0 N–H and O–H groups in total. The molecule has 3 aromatic rings. The Morgan fingerprint density at radius 1 is 1.27 bits per heavy atom. The number of nitriles is 1. The molecule has 0 bridgehead atoms. The smallest absolute Gasteiger partial charge is 0.179 e. The summed E-state index contributed by atoms with van der Waals surface area (Å²) in [4.78, 5) is 4.64. The second-order valence-electron chi connectivity index (χ2n) is 9.97. The molecule has 0 spiro atoms. The van der Waals surface area contributed by atoms with E-state index in [0.29, 0.717) is 30.9 Å². The zero-order valence-corrected chi connectivity index (χ0v) is 19.5. The summed E-state index contributed by atoms with van der Waals surface area (Å²) >= 11 is 0. The maximum Gasteiger partial charge on any atom is 0.179 e. The first-order valence-electron chi connectivity index (χ1n) is 11.0. The van der Waals surface area contributed by atoms with Crippen molar-refractivity contribution in [3.63, 3.8) is 0 Å². The van der Waals surface area contributed by atoms with E-state index in [1.165, 1.54) is 0 Å². The number of hydrogen-bond donors (Lipinski definition) is 0. The largest absolute Gasteiger partial charge is 0.361 e. The molecule has 3 aromatic heterocycles. The van der Waals surface area contributed by atoms with Gasteiger partial charge in [0.25, 0.3) is 0 Å². The summed E-state index contributed by atoms with van der Waals surface area (Å²) < 4.78 is 10.2. The van der Waals surface area contributed by atoms with Gasteiger partial charge >= 0.3 is 0 Å². The highest BCUT2D eigenvalue weighted by Gasteiger charge is 2.35. The first kappa shape index (κ1) is 21.0. The van der Waals surface area contributed by atoms with E-state index in [1.807, 2.05) is 12.4 Å². The van der Waals surface area contributed by atoms with Crippen molar-refractivity contribution in [1.82, 2.24) is 24.1 Å². The molecule has 0 amide bonds. The topological polar surface area (TPSA) is 81.0 Å². The number of fused-ring (bicyclic) bond motifs is 3. The normalized spacial score (nSPS) is 22.2. The van der Waals surface area contributed by atoms with Gasteiger partial charge in [0, 0.05) is 33.2 Å². The molecule has 1 aliphatic carbocycles. The van der Waals surface area contributed by atoms with Crippen LogP contribution >= 0.6 is 0 Å². The fourth-order valence-corrected chi connectivity index (χ4v) is 5.41. The molecule has 30 heavy (non-hydrogen) atoms. The third kappa shape index (κ3) is 4.28. The van der Waals surface area contributed by atoms with Crippen molar-refractivity contribution in [3.8, 4) is 6.07 Å². The zero-order chi connectivity index (χ0) is 21.3. The Morgan fingerprint density at radius 3 is 2.87 bits per heavy atom. The first-order valence-corrected chi connectivity index (χ1v) is 14.7. The average Bonchev–Trinajstić information content (AvgIpc) is 3.38. The Labute approximate surface area is 179 Å². The second-order valence-corrected chi connectivity index (χ2v) is 15.6. The van der Waals surface area contributed by atoms with Gasteiger partial charge < -0.3 is 9.30 Å². The van der Waals surface area contributed by atoms with Crippen molar-refractivity contribution >= 4 is 24.9 Å². The fourth-order valence-electron chi connectivity index (χ4n) is 4.65. The molecule has 1 fully saturated rings. The van der Waals surface area contributed by atoms with Gasteiger partial charge in [0.15, 0.2) is 11.3 Å². The minimum atomic E-state index is -1.09. The number of hydrogen-bond acceptors (Lipinski definition) is 5. The summed E-state index contributed by atoms with van der Waals surface area (Å²) in [5, 5.41) is 17.9. The minimum absolute atomic E-state index is 0.366. The second kappa shape index (κ2) is 8.48. The highest BCUT2D eigenvalue weighted by Crippen LogP contribution is 2.44. The molecule has 1 saturated carbocycles. The number of nitrogens with zero attached hydrogens (tertiary/aromatic N) is 6. The van der Waals surface area contributed by atoms with Crippen molar-refractivity contribution in [2.75, 3.05) is 6.61 Å². The van der Waals surface area contributed by atoms with E-state index < -0.39 is 8.07 Å². The third-order valence-electron chi connectivity index (χ3n) is 6.37. The van der Waals surface area contributed by atoms with Gasteiger partial charge in [-0.2, -0.15) is 5.26 Å². The highest BCUT2D eigenvalue weighted by molar-refractivity contribution is 6.76. The Morgan fingerprint density at radius 2 is 2.10 bits per heavy atom. The van der Waals surface area contributed by atoms with E-state index in [-0.39, 0.29) is 0 Å². The number of aromatic nitrogens is 5. The van der Waals surface area contributed by atoms with Crippen LogP contribution in [0.5, 0.6) is 0 Å². The van der Waals surface area contributed by atoms with Crippen molar-refractivity contribution < 1.29 is 4.74 Å². The van der Waals surface area contributed by atoms with Crippen LogP contribution in [-0.2, 0) is 11.5 Å². The van der Waals surface area contributed by atoms with E-state index >= 15 is 0 Å². The molecule has 7 nitrogen and oxygen atoms in total. The lowest BCUT2D eigenvalue weighted by Gasteiger charge is -2.16. The maximum atomic E-state index is 8.93. The maximum absolute atomic E-state index is 8.93. The summed E-state index contributed by atoms with van der Waals surface area (Å²) in [5.41, 5.74) is 2.74. The van der Waals surface area contributed by atoms with Crippen LogP contribution in [0.4, 0.5) is 0 Å². The molecule has 8 heteroatoms. The summed E-state index contributed by atoms with van der Waals surface area (Å²) in [5.74, 6) is 2.53. The lowest BCUT2D eigenvalue weighted by molar-refractivity contribution is 0.0899. The summed E-state index contributed by atoms with van der Waals surface area (Å²) in [6.45, 7) is 10.7. The van der Waals surface area contributed by atoms with Gasteiger partial charge in [0.05, 0.1) is 17.8 Å². The molecule has 3 heterocycles. The van der Waals surface area contributed by atoms with E-state index in [1.54, 1.807) is 0 Å². The quantitative estimate of drug-likeness (QED) is 0.382. The molecular weight excluding hydrogens is 392 g/mol. The van der Waals surface area contributed by atoms with E-state index in [0.717, 1.165) is 54.5 Å². The van der Waals surface area contributed by atoms with Gasteiger partial charge in [0.2, 0.25) is 0 Å². The summed E-state index contributed by atoms with van der Waals surface area (Å²) in [6.07, 6.45) is 7.71. The van der Waals surface area contributed by atoms with E-state index in [4.69, 9.17) is 10.00 Å². The van der Waals surface area contributed by atoms with Crippen molar-refractivity contribution in [2.45, 2.75) is 70.9 Å². The van der Waals surface area contributed by atoms with E-state index in [2.05, 4.69) is 62.8 Å². The van der Waals surface area contributed by atoms with Crippen LogP contribution in [0.1, 0.15) is 44.3 Å². The lowest BCUT2D eigenvalue weighted by atomic mass is 9.97. The average molecular weight is 425 g/mol. The van der Waals surface area contributed by atoms with Gasteiger partial charge in [-0.3, -0.25) is 4.40 Å². The monoisotopic (exact) mass is 424 g/mol. The van der Waals surface area contributed by atoms with Crippen molar-refractivity contribution in [1.29, 1.82) is 5.26 Å². The van der Waals surface area contributed by atoms with Crippen LogP contribution in [0.3, 0.4) is 0 Å². The molecule has 3 atom stereocenters. The van der Waals surface area contributed by atoms with E-state index in [9.17, 15) is 0 Å². The van der Waals surface area contributed by atoms with Gasteiger partial charge in [-0.15, -0.1) is 10.2 Å². The lowest BCUT2D eigenvalue weighted by Crippen LogP contribution is -2.22. The Hall–Kier alpha value is -2.24. The standard InChI is InChI=1S/C22H32N6OSi/c1-16-12-17(6-5-8-23)13-18(16)21-26-25-20-14-24-22-19(28(20)21)7-9-27(22)15-29-10-11-30(2,3)4/h7,9,14,16-18H,5-6,10-13,15H2,1-4H3/t16-,17+,18+/m1/s1. The van der Waals surface area contributed by atoms with Crippen molar-refractivity contribution in [3.05, 3.63) is 24.3 Å². The molecule has 0 saturated heterocycles. The minimum Gasteiger partial charge on any atom is -0.361 e.